The molecule has 1 aromatic rings. The largest absolute Gasteiger partial charge is 0.354 e. The van der Waals surface area contributed by atoms with E-state index < -0.39 is 10.0 Å². The Morgan fingerprint density at radius 1 is 1.36 bits per heavy atom. The number of benzene rings is 1. The molecule has 0 heterocycles. The van der Waals surface area contributed by atoms with Crippen LogP contribution < -0.4 is 9.62 Å². The van der Waals surface area contributed by atoms with E-state index in [1.54, 1.807) is 18.2 Å². The van der Waals surface area contributed by atoms with Gasteiger partial charge in [0, 0.05) is 6.54 Å². The lowest BCUT2D eigenvalue weighted by molar-refractivity contribution is -0.119. The third-order valence-corrected chi connectivity index (χ3v) is 5.24. The number of carbonyl (C=O) groups is 1. The van der Waals surface area contributed by atoms with Crippen molar-refractivity contribution < 1.29 is 13.2 Å². The van der Waals surface area contributed by atoms with E-state index in [-0.39, 0.29) is 12.5 Å². The standard InChI is InChI=1S/C18H23N3O3S/c1-25(23,24)21(17-9-5-8-16(12-17)13-19)14-18(22)20-11-10-15-6-3-2-4-7-15/h5-6,8-9,12H,2-4,7,10-11,14H2,1H3,(H,20,22). The van der Waals surface area contributed by atoms with Gasteiger partial charge in [0.15, 0.2) is 0 Å². The molecular formula is C18H23N3O3S. The molecule has 25 heavy (non-hydrogen) atoms. The van der Waals surface area contributed by atoms with Crippen LogP contribution in [0, 0.1) is 11.3 Å². The zero-order chi connectivity index (χ0) is 18.3. The fourth-order valence-electron chi connectivity index (χ4n) is 2.81. The summed E-state index contributed by atoms with van der Waals surface area (Å²) in [4.78, 5) is 12.2. The van der Waals surface area contributed by atoms with Crippen LogP contribution in [0.3, 0.4) is 0 Å². The smallest absolute Gasteiger partial charge is 0.240 e. The minimum Gasteiger partial charge on any atom is -0.354 e. The van der Waals surface area contributed by atoms with Gasteiger partial charge in [0.25, 0.3) is 0 Å². The Bertz CT molecular complexity index is 794. The first kappa shape index (κ1) is 19.0. The number of anilines is 1. The molecule has 0 spiro atoms. The number of nitrogens with zero attached hydrogens (tertiary/aromatic N) is 2. The molecule has 6 nitrogen and oxygen atoms in total. The number of nitriles is 1. The molecule has 1 amide bonds. The summed E-state index contributed by atoms with van der Waals surface area (Å²) in [5.74, 6) is -0.357. The highest BCUT2D eigenvalue weighted by Crippen LogP contribution is 2.20. The summed E-state index contributed by atoms with van der Waals surface area (Å²) in [6.07, 6.45) is 8.66. The molecule has 2 rings (SSSR count). The van der Waals surface area contributed by atoms with Gasteiger partial charge in [-0.25, -0.2) is 8.42 Å². The van der Waals surface area contributed by atoms with Gasteiger partial charge in [-0.1, -0.05) is 17.7 Å². The van der Waals surface area contributed by atoms with Gasteiger partial charge in [0.05, 0.1) is 23.6 Å². The molecule has 0 aliphatic heterocycles. The number of sulfonamides is 1. The first-order valence-electron chi connectivity index (χ1n) is 8.32. The van der Waals surface area contributed by atoms with Crippen LogP contribution in [-0.2, 0) is 14.8 Å². The minimum absolute atomic E-state index is 0.299. The number of allylic oxidation sites excluding steroid dienone is 1. The number of amides is 1. The maximum Gasteiger partial charge on any atom is 0.240 e. The summed E-state index contributed by atoms with van der Waals surface area (Å²) in [6.45, 7) is 0.202. The minimum atomic E-state index is -3.63. The molecule has 0 aromatic heterocycles. The topological polar surface area (TPSA) is 90.3 Å². The SMILES string of the molecule is CS(=O)(=O)N(CC(=O)NCCC1=CCCCC1)c1cccc(C#N)c1. The molecule has 134 valence electrons. The van der Waals surface area contributed by atoms with Gasteiger partial charge in [-0.05, 0) is 50.3 Å². The van der Waals surface area contributed by atoms with Gasteiger partial charge in [-0.3, -0.25) is 9.10 Å². The van der Waals surface area contributed by atoms with Gasteiger partial charge < -0.3 is 5.32 Å². The van der Waals surface area contributed by atoms with Crippen molar-refractivity contribution in [3.05, 3.63) is 41.5 Å². The van der Waals surface area contributed by atoms with Crippen LogP contribution in [-0.4, -0.2) is 33.7 Å². The van der Waals surface area contributed by atoms with Crippen molar-refractivity contribution in [2.75, 3.05) is 23.7 Å². The predicted octanol–water partition coefficient (Wildman–Crippen LogP) is 2.33. The Morgan fingerprint density at radius 3 is 2.80 bits per heavy atom. The summed E-state index contributed by atoms with van der Waals surface area (Å²) >= 11 is 0. The van der Waals surface area contributed by atoms with Crippen molar-refractivity contribution >= 4 is 21.6 Å². The maximum atomic E-state index is 12.2. The molecule has 0 bridgehead atoms. The summed E-state index contributed by atoms with van der Waals surface area (Å²) in [7, 11) is -3.63. The maximum absolute atomic E-state index is 12.2. The molecule has 1 aliphatic carbocycles. The molecular weight excluding hydrogens is 338 g/mol. The Labute approximate surface area is 149 Å². The lowest BCUT2D eigenvalue weighted by Gasteiger charge is -2.22. The van der Waals surface area contributed by atoms with E-state index in [1.807, 2.05) is 6.07 Å². The molecule has 7 heteroatoms. The average molecular weight is 361 g/mol. The van der Waals surface area contributed by atoms with Crippen LogP contribution in [0.2, 0.25) is 0 Å². The Balaban J connectivity index is 1.98. The van der Waals surface area contributed by atoms with Crippen LogP contribution >= 0.6 is 0 Å². The second-order valence-corrected chi connectivity index (χ2v) is 8.05. The molecule has 0 unspecified atom stereocenters. The van der Waals surface area contributed by atoms with Crippen LogP contribution in [0.4, 0.5) is 5.69 Å². The molecule has 1 aliphatic rings. The highest BCUT2D eigenvalue weighted by Gasteiger charge is 2.21. The fourth-order valence-corrected chi connectivity index (χ4v) is 3.66. The molecule has 1 aromatic carbocycles. The lowest BCUT2D eigenvalue weighted by atomic mass is 9.97. The van der Waals surface area contributed by atoms with E-state index in [9.17, 15) is 13.2 Å². The van der Waals surface area contributed by atoms with Crippen LogP contribution in [0.1, 0.15) is 37.7 Å². The zero-order valence-electron chi connectivity index (χ0n) is 14.4. The number of nitrogens with one attached hydrogen (secondary N) is 1. The normalized spacial score (nSPS) is 14.3. The van der Waals surface area contributed by atoms with Crippen molar-refractivity contribution in [3.63, 3.8) is 0 Å². The van der Waals surface area contributed by atoms with Crippen LogP contribution in [0.15, 0.2) is 35.9 Å². The second-order valence-electron chi connectivity index (χ2n) is 6.14. The third-order valence-electron chi connectivity index (χ3n) is 4.10. The summed E-state index contributed by atoms with van der Waals surface area (Å²) in [5.41, 5.74) is 2.01. The van der Waals surface area contributed by atoms with E-state index >= 15 is 0 Å². The Kier molecular flexibility index (Phi) is 6.59. The first-order valence-corrected chi connectivity index (χ1v) is 10.2. The molecule has 0 radical (unpaired) electrons. The first-order chi connectivity index (χ1) is 11.9. The fraction of sp³-hybridized carbons (Fsp3) is 0.444. The van der Waals surface area contributed by atoms with E-state index in [4.69, 9.17) is 5.26 Å². The van der Waals surface area contributed by atoms with Crippen molar-refractivity contribution in [2.45, 2.75) is 32.1 Å². The van der Waals surface area contributed by atoms with Gasteiger partial charge in [0.2, 0.25) is 15.9 Å². The number of carbonyl (C=O) groups excluding carboxylic acids is 1. The molecule has 0 saturated heterocycles. The van der Waals surface area contributed by atoms with Crippen LogP contribution in [0.5, 0.6) is 0 Å². The van der Waals surface area contributed by atoms with E-state index in [0.29, 0.717) is 17.8 Å². The average Bonchev–Trinajstić information content (AvgIpc) is 2.59. The molecule has 1 N–H and O–H groups in total. The van der Waals surface area contributed by atoms with E-state index in [0.717, 1.165) is 29.8 Å². The highest BCUT2D eigenvalue weighted by atomic mass is 32.2. The van der Waals surface area contributed by atoms with Crippen molar-refractivity contribution in [2.24, 2.45) is 0 Å². The monoisotopic (exact) mass is 361 g/mol. The van der Waals surface area contributed by atoms with Gasteiger partial charge in [-0.2, -0.15) is 5.26 Å². The van der Waals surface area contributed by atoms with Gasteiger partial charge in [-0.15, -0.1) is 0 Å². The summed E-state index contributed by atoms with van der Waals surface area (Å²) in [6, 6.07) is 8.18. The Morgan fingerprint density at radius 2 is 2.16 bits per heavy atom. The van der Waals surface area contributed by atoms with Crippen molar-refractivity contribution in [1.29, 1.82) is 5.26 Å². The van der Waals surface area contributed by atoms with Crippen LogP contribution in [0.25, 0.3) is 0 Å². The van der Waals surface area contributed by atoms with E-state index in [2.05, 4.69) is 11.4 Å². The van der Waals surface area contributed by atoms with Crippen molar-refractivity contribution in [3.8, 4) is 6.07 Å². The van der Waals surface area contributed by atoms with Gasteiger partial charge >= 0.3 is 0 Å². The number of rotatable bonds is 7. The molecule has 0 atom stereocenters. The highest BCUT2D eigenvalue weighted by molar-refractivity contribution is 7.92. The lowest BCUT2D eigenvalue weighted by Crippen LogP contribution is -2.40. The predicted molar refractivity (Wildman–Crippen MR) is 97.5 cm³/mol. The molecule has 0 saturated carbocycles. The third kappa shape index (κ3) is 5.91. The number of hydrogen-bond acceptors (Lipinski definition) is 4. The zero-order valence-corrected chi connectivity index (χ0v) is 15.2. The second kappa shape index (κ2) is 8.67. The Hall–Kier alpha value is -2.33. The summed E-state index contributed by atoms with van der Waals surface area (Å²) < 4.78 is 25.1. The van der Waals surface area contributed by atoms with E-state index in [1.165, 1.54) is 24.5 Å². The summed E-state index contributed by atoms with van der Waals surface area (Å²) in [5, 5.41) is 11.7. The number of hydrogen-bond donors (Lipinski definition) is 1. The quantitative estimate of drug-likeness (QED) is 0.755. The van der Waals surface area contributed by atoms with Gasteiger partial charge in [0.1, 0.15) is 6.54 Å². The van der Waals surface area contributed by atoms with Crippen molar-refractivity contribution in [1.82, 2.24) is 5.32 Å². The molecule has 0 fully saturated rings.